The SMILES string of the molecule is CCNC(Cc1ccc(Cl)c(Cl)c1)c1cc(Br)sc1Br. The first kappa shape index (κ1) is 16.8. The molecule has 1 nitrogen and oxygen atoms in total. The Morgan fingerprint density at radius 1 is 1.20 bits per heavy atom. The highest BCUT2D eigenvalue weighted by molar-refractivity contribution is 9.12. The summed E-state index contributed by atoms with van der Waals surface area (Å²) in [5, 5.41) is 4.71. The lowest BCUT2D eigenvalue weighted by Crippen LogP contribution is -2.22. The van der Waals surface area contributed by atoms with Gasteiger partial charge in [0, 0.05) is 6.04 Å². The van der Waals surface area contributed by atoms with Gasteiger partial charge in [0.2, 0.25) is 0 Å². The fraction of sp³-hybridized carbons (Fsp3) is 0.286. The standard InChI is InChI=1S/C14H13Br2Cl2NS/c1-2-19-12(9-7-13(15)20-14(9)16)6-8-3-4-10(17)11(18)5-8/h3-5,7,12,19H,2,6H2,1H3. The van der Waals surface area contributed by atoms with Gasteiger partial charge in [-0.25, -0.2) is 0 Å². The minimum atomic E-state index is 0.245. The van der Waals surface area contributed by atoms with Gasteiger partial charge in [0.25, 0.3) is 0 Å². The van der Waals surface area contributed by atoms with Crippen molar-refractivity contribution in [2.45, 2.75) is 19.4 Å². The van der Waals surface area contributed by atoms with E-state index in [4.69, 9.17) is 23.2 Å². The Kier molecular flexibility index (Phi) is 6.39. The first-order chi connectivity index (χ1) is 9.51. The lowest BCUT2D eigenvalue weighted by Gasteiger charge is -2.18. The highest BCUT2D eigenvalue weighted by Crippen LogP contribution is 2.37. The molecule has 0 aliphatic carbocycles. The van der Waals surface area contributed by atoms with Crippen LogP contribution >= 0.6 is 66.4 Å². The highest BCUT2D eigenvalue weighted by atomic mass is 79.9. The Bertz CT molecular complexity index is 601. The molecule has 2 rings (SSSR count). The minimum Gasteiger partial charge on any atom is -0.310 e. The van der Waals surface area contributed by atoms with Crippen molar-refractivity contribution in [2.24, 2.45) is 0 Å². The van der Waals surface area contributed by atoms with E-state index in [1.165, 1.54) is 11.1 Å². The van der Waals surface area contributed by atoms with E-state index in [0.717, 1.165) is 20.5 Å². The van der Waals surface area contributed by atoms with Gasteiger partial charge in [-0.2, -0.15) is 0 Å². The molecule has 0 saturated heterocycles. The predicted molar refractivity (Wildman–Crippen MR) is 96.3 cm³/mol. The molecule has 0 bridgehead atoms. The van der Waals surface area contributed by atoms with Gasteiger partial charge in [0.15, 0.2) is 0 Å². The van der Waals surface area contributed by atoms with Crippen LogP contribution in [0.25, 0.3) is 0 Å². The molecule has 0 fully saturated rings. The summed E-state index contributed by atoms with van der Waals surface area (Å²) in [6.45, 7) is 3.02. The monoisotopic (exact) mass is 455 g/mol. The Labute approximate surface area is 149 Å². The van der Waals surface area contributed by atoms with Crippen LogP contribution in [0.15, 0.2) is 31.8 Å². The van der Waals surface area contributed by atoms with Crippen molar-refractivity contribution in [1.82, 2.24) is 5.32 Å². The van der Waals surface area contributed by atoms with E-state index < -0.39 is 0 Å². The van der Waals surface area contributed by atoms with Crippen molar-refractivity contribution in [3.8, 4) is 0 Å². The topological polar surface area (TPSA) is 12.0 Å². The van der Waals surface area contributed by atoms with Crippen LogP contribution in [0.5, 0.6) is 0 Å². The summed E-state index contributed by atoms with van der Waals surface area (Å²) in [7, 11) is 0. The van der Waals surface area contributed by atoms with Crippen LogP contribution in [0.2, 0.25) is 10.0 Å². The third-order valence-electron chi connectivity index (χ3n) is 2.93. The van der Waals surface area contributed by atoms with Gasteiger partial charge in [-0.15, -0.1) is 11.3 Å². The predicted octanol–water partition coefficient (Wildman–Crippen LogP) is 6.47. The maximum absolute atomic E-state index is 6.09. The first-order valence-corrected chi connectivity index (χ1v) is 9.29. The largest absolute Gasteiger partial charge is 0.310 e. The average Bonchev–Trinajstić information content (AvgIpc) is 2.72. The zero-order chi connectivity index (χ0) is 14.7. The summed E-state index contributed by atoms with van der Waals surface area (Å²) in [6.07, 6.45) is 0.868. The molecule has 0 spiro atoms. The van der Waals surface area contributed by atoms with Crippen molar-refractivity contribution in [3.63, 3.8) is 0 Å². The third kappa shape index (κ3) is 4.21. The number of benzene rings is 1. The van der Waals surface area contributed by atoms with Crippen molar-refractivity contribution in [2.75, 3.05) is 6.54 Å². The molecule has 0 saturated carbocycles. The summed E-state index contributed by atoms with van der Waals surface area (Å²) in [5.74, 6) is 0. The molecule has 1 aromatic carbocycles. The Balaban J connectivity index is 2.25. The molecule has 0 radical (unpaired) electrons. The van der Waals surface area contributed by atoms with Crippen molar-refractivity contribution in [1.29, 1.82) is 0 Å². The summed E-state index contributed by atoms with van der Waals surface area (Å²) in [6, 6.07) is 8.20. The number of nitrogens with one attached hydrogen (secondary N) is 1. The normalized spacial score (nSPS) is 12.7. The van der Waals surface area contributed by atoms with Crippen LogP contribution in [-0.2, 0) is 6.42 Å². The van der Waals surface area contributed by atoms with Gasteiger partial charge in [-0.05, 0) is 74.2 Å². The molecule has 2 aromatic rings. The number of hydrogen-bond acceptors (Lipinski definition) is 2. The van der Waals surface area contributed by atoms with E-state index in [0.29, 0.717) is 10.0 Å². The molecular formula is C14H13Br2Cl2NS. The molecule has 1 N–H and O–H groups in total. The minimum absolute atomic E-state index is 0.245. The summed E-state index contributed by atoms with van der Waals surface area (Å²) >= 11 is 20.9. The van der Waals surface area contributed by atoms with Crippen LogP contribution in [-0.4, -0.2) is 6.54 Å². The van der Waals surface area contributed by atoms with E-state index in [9.17, 15) is 0 Å². The van der Waals surface area contributed by atoms with E-state index in [1.54, 1.807) is 11.3 Å². The molecule has 0 amide bonds. The molecular weight excluding hydrogens is 445 g/mol. The number of hydrogen-bond donors (Lipinski definition) is 1. The molecule has 20 heavy (non-hydrogen) atoms. The second-order valence-corrected chi connectivity index (χ2v) is 8.91. The number of halogens is 4. The number of rotatable bonds is 5. The number of likely N-dealkylation sites (N-methyl/N-ethyl adjacent to an activating group) is 1. The van der Waals surface area contributed by atoms with Crippen molar-refractivity contribution in [3.05, 3.63) is 53.0 Å². The van der Waals surface area contributed by atoms with E-state index >= 15 is 0 Å². The number of thiophene rings is 1. The van der Waals surface area contributed by atoms with Crippen LogP contribution in [0, 0.1) is 0 Å². The first-order valence-electron chi connectivity index (χ1n) is 6.13. The molecule has 0 aliphatic rings. The van der Waals surface area contributed by atoms with E-state index in [2.05, 4.69) is 50.2 Å². The lowest BCUT2D eigenvalue weighted by molar-refractivity contribution is 0.549. The molecule has 108 valence electrons. The van der Waals surface area contributed by atoms with Crippen molar-refractivity contribution >= 4 is 66.4 Å². The Hall–Kier alpha value is 0.420. The molecule has 1 heterocycles. The zero-order valence-corrected chi connectivity index (χ0v) is 16.2. The van der Waals surface area contributed by atoms with Crippen molar-refractivity contribution < 1.29 is 0 Å². The fourth-order valence-corrected chi connectivity index (χ4v) is 5.33. The average molecular weight is 458 g/mol. The van der Waals surface area contributed by atoms with Gasteiger partial charge in [0.05, 0.1) is 17.6 Å². The van der Waals surface area contributed by atoms with Crippen LogP contribution in [0.3, 0.4) is 0 Å². The van der Waals surface area contributed by atoms with Crippen LogP contribution < -0.4 is 5.32 Å². The summed E-state index contributed by atoms with van der Waals surface area (Å²) in [4.78, 5) is 0. The zero-order valence-electron chi connectivity index (χ0n) is 10.7. The molecule has 1 unspecified atom stereocenters. The second-order valence-electron chi connectivity index (χ2n) is 4.34. The van der Waals surface area contributed by atoms with Gasteiger partial charge in [0.1, 0.15) is 0 Å². The summed E-state index contributed by atoms with van der Waals surface area (Å²) < 4.78 is 2.27. The Morgan fingerprint density at radius 2 is 1.95 bits per heavy atom. The molecule has 1 aromatic heterocycles. The van der Waals surface area contributed by atoms with Gasteiger partial charge in [-0.1, -0.05) is 36.2 Å². The van der Waals surface area contributed by atoms with E-state index in [1.807, 2.05) is 18.2 Å². The quantitative estimate of drug-likeness (QED) is 0.542. The maximum Gasteiger partial charge on any atom is 0.0758 e. The highest BCUT2D eigenvalue weighted by Gasteiger charge is 2.17. The van der Waals surface area contributed by atoms with Gasteiger partial charge >= 0.3 is 0 Å². The second kappa shape index (κ2) is 7.61. The van der Waals surface area contributed by atoms with Crippen LogP contribution in [0.1, 0.15) is 24.1 Å². The van der Waals surface area contributed by atoms with Gasteiger partial charge in [-0.3, -0.25) is 0 Å². The molecule has 1 atom stereocenters. The maximum atomic E-state index is 6.09. The Morgan fingerprint density at radius 3 is 2.50 bits per heavy atom. The smallest absolute Gasteiger partial charge is 0.0758 e. The molecule has 0 aliphatic heterocycles. The third-order valence-corrected chi connectivity index (χ3v) is 6.06. The lowest BCUT2D eigenvalue weighted by atomic mass is 10.0. The molecule has 6 heteroatoms. The fourth-order valence-electron chi connectivity index (χ4n) is 2.03. The van der Waals surface area contributed by atoms with E-state index in [-0.39, 0.29) is 6.04 Å². The summed E-state index contributed by atoms with van der Waals surface area (Å²) in [5.41, 5.74) is 2.43. The van der Waals surface area contributed by atoms with Gasteiger partial charge < -0.3 is 5.32 Å². The van der Waals surface area contributed by atoms with Crippen LogP contribution in [0.4, 0.5) is 0 Å².